The van der Waals surface area contributed by atoms with Crippen molar-refractivity contribution >= 4 is 7.82 Å². The summed E-state index contributed by atoms with van der Waals surface area (Å²) in [7, 11) is -4.91. The smallest absolute Gasteiger partial charge is 0.394 e. The van der Waals surface area contributed by atoms with Crippen molar-refractivity contribution in [3.8, 4) is 0 Å². The van der Waals surface area contributed by atoms with E-state index in [1.54, 1.807) is 0 Å². The normalized spacial score (nSPS) is 41.0. The Labute approximate surface area is 90.1 Å². The molecule has 1 heterocycles. The number of phosphoric acid groups is 1. The topological polar surface area (TPSA) is 157 Å². The van der Waals surface area contributed by atoms with E-state index in [2.05, 4.69) is 9.26 Å². The van der Waals surface area contributed by atoms with Crippen molar-refractivity contribution in [2.45, 2.75) is 30.7 Å². The van der Waals surface area contributed by atoms with Gasteiger partial charge in [0.1, 0.15) is 24.4 Å². The largest absolute Gasteiger partial charge is 0.472 e. The molecular formula is C6H13O9P. The average Bonchev–Trinajstić information content (AvgIpc) is 2.17. The Hall–Kier alpha value is -0.0900. The van der Waals surface area contributed by atoms with Crippen LogP contribution in [-0.2, 0) is 13.8 Å². The van der Waals surface area contributed by atoms with Crippen molar-refractivity contribution in [1.82, 2.24) is 0 Å². The molecule has 1 fully saturated rings. The van der Waals surface area contributed by atoms with E-state index in [0.717, 1.165) is 0 Å². The van der Waals surface area contributed by atoms with Crippen LogP contribution in [0.3, 0.4) is 0 Å². The molecule has 5 atom stereocenters. The molecule has 9 nitrogen and oxygen atoms in total. The van der Waals surface area contributed by atoms with Gasteiger partial charge in [-0.2, -0.15) is 0 Å². The second-order valence-corrected chi connectivity index (χ2v) is 4.49. The van der Waals surface area contributed by atoms with Gasteiger partial charge in [-0.25, -0.2) is 4.57 Å². The zero-order chi connectivity index (χ0) is 12.5. The van der Waals surface area contributed by atoms with Crippen LogP contribution in [0.1, 0.15) is 0 Å². The van der Waals surface area contributed by atoms with Crippen molar-refractivity contribution in [3.05, 3.63) is 0 Å². The quantitative estimate of drug-likeness (QED) is 0.289. The molecule has 10 heteroatoms. The highest BCUT2D eigenvalue weighted by molar-refractivity contribution is 7.46. The van der Waals surface area contributed by atoms with Crippen LogP contribution in [0.5, 0.6) is 0 Å². The number of aliphatic hydroxyl groups excluding tert-OH is 4. The summed E-state index contributed by atoms with van der Waals surface area (Å²) in [5.74, 6) is 0. The van der Waals surface area contributed by atoms with Gasteiger partial charge in [-0.05, 0) is 0 Å². The average molecular weight is 260 g/mol. The van der Waals surface area contributed by atoms with E-state index in [1.807, 2.05) is 0 Å². The van der Waals surface area contributed by atoms with Crippen molar-refractivity contribution in [2.75, 3.05) is 6.61 Å². The fourth-order valence-electron chi connectivity index (χ4n) is 1.29. The number of rotatable bonds is 3. The minimum Gasteiger partial charge on any atom is -0.394 e. The number of phosphoric ester groups is 1. The van der Waals surface area contributed by atoms with Gasteiger partial charge in [0.05, 0.1) is 6.61 Å². The summed E-state index contributed by atoms with van der Waals surface area (Å²) in [6, 6.07) is 0. The van der Waals surface area contributed by atoms with Gasteiger partial charge in [-0.1, -0.05) is 0 Å². The van der Waals surface area contributed by atoms with Crippen LogP contribution in [0.25, 0.3) is 0 Å². The van der Waals surface area contributed by atoms with Crippen molar-refractivity contribution in [2.24, 2.45) is 0 Å². The van der Waals surface area contributed by atoms with Gasteiger partial charge in [-0.3, -0.25) is 4.52 Å². The van der Waals surface area contributed by atoms with E-state index in [-0.39, 0.29) is 0 Å². The van der Waals surface area contributed by atoms with E-state index in [4.69, 9.17) is 14.9 Å². The highest BCUT2D eigenvalue weighted by Crippen LogP contribution is 2.40. The summed E-state index contributed by atoms with van der Waals surface area (Å²) in [6.07, 6.45) is -8.25. The van der Waals surface area contributed by atoms with E-state index in [1.165, 1.54) is 0 Å². The first-order chi connectivity index (χ1) is 7.26. The molecule has 1 aliphatic heterocycles. The van der Waals surface area contributed by atoms with Crippen LogP contribution in [0.4, 0.5) is 0 Å². The van der Waals surface area contributed by atoms with Crippen LogP contribution < -0.4 is 0 Å². The number of aliphatic hydroxyl groups is 4. The molecule has 0 aliphatic carbocycles. The maximum atomic E-state index is 10.5. The second kappa shape index (κ2) is 5.05. The highest BCUT2D eigenvalue weighted by Gasteiger charge is 2.46. The SMILES string of the molecule is O=P(O)(O)O[C@@H]1O[C@@H](CO)[C@@H](O)[C@H](O)[C@@H]1O. The Bertz CT molecular complexity index is 275. The van der Waals surface area contributed by atoms with Crippen LogP contribution in [0.2, 0.25) is 0 Å². The number of hydrogen-bond acceptors (Lipinski definition) is 7. The third-order valence-corrected chi connectivity index (χ3v) is 2.57. The number of hydrogen-bond donors (Lipinski definition) is 6. The lowest BCUT2D eigenvalue weighted by atomic mass is 10.00. The zero-order valence-electron chi connectivity index (χ0n) is 7.95. The summed E-state index contributed by atoms with van der Waals surface area (Å²) >= 11 is 0. The van der Waals surface area contributed by atoms with Gasteiger partial charge >= 0.3 is 7.82 Å². The molecular weight excluding hydrogens is 247 g/mol. The highest BCUT2D eigenvalue weighted by atomic mass is 31.2. The van der Waals surface area contributed by atoms with Gasteiger partial charge < -0.3 is 34.9 Å². The third kappa shape index (κ3) is 3.20. The van der Waals surface area contributed by atoms with Crippen molar-refractivity contribution < 1.29 is 44.0 Å². The Balaban J connectivity index is 2.75. The first kappa shape index (κ1) is 14.0. The van der Waals surface area contributed by atoms with E-state index in [0.29, 0.717) is 0 Å². The molecule has 0 spiro atoms. The standard InChI is InChI=1S/C6H13O9P/c7-1-2-3(8)4(9)5(10)6(14-2)15-16(11,12)13/h2-10H,1H2,(H2,11,12,13)/t2-,3+,4-,5-,6-/m0/s1. The third-order valence-electron chi connectivity index (χ3n) is 2.09. The minimum atomic E-state index is -4.91. The fourth-order valence-corrected chi connectivity index (χ4v) is 1.73. The van der Waals surface area contributed by atoms with E-state index in [9.17, 15) is 19.9 Å². The molecule has 1 saturated heterocycles. The van der Waals surface area contributed by atoms with Gasteiger partial charge in [0.25, 0.3) is 0 Å². The Morgan fingerprint density at radius 1 is 1.12 bits per heavy atom. The first-order valence-electron chi connectivity index (χ1n) is 4.30. The van der Waals surface area contributed by atoms with Crippen molar-refractivity contribution in [1.29, 1.82) is 0 Å². The summed E-state index contributed by atoms with van der Waals surface area (Å²) in [4.78, 5) is 17.0. The van der Waals surface area contributed by atoms with Gasteiger partial charge in [-0.15, -0.1) is 0 Å². The molecule has 0 bridgehead atoms. The molecule has 0 aromatic heterocycles. The monoisotopic (exact) mass is 260 g/mol. The molecule has 6 N–H and O–H groups in total. The molecule has 96 valence electrons. The predicted octanol–water partition coefficient (Wildman–Crippen LogP) is -3.10. The number of ether oxygens (including phenoxy) is 1. The van der Waals surface area contributed by atoms with Gasteiger partial charge in [0.15, 0.2) is 6.29 Å². The predicted molar refractivity (Wildman–Crippen MR) is 46.9 cm³/mol. The molecule has 0 radical (unpaired) electrons. The summed E-state index contributed by atoms with van der Waals surface area (Å²) in [5, 5.41) is 36.6. The molecule has 0 aromatic carbocycles. The minimum absolute atomic E-state index is 0.702. The van der Waals surface area contributed by atoms with Gasteiger partial charge in [0, 0.05) is 0 Å². The lowest BCUT2D eigenvalue weighted by molar-refractivity contribution is -0.280. The molecule has 0 aromatic rings. The molecule has 0 unspecified atom stereocenters. The Morgan fingerprint density at radius 2 is 1.69 bits per heavy atom. The van der Waals surface area contributed by atoms with Crippen LogP contribution >= 0.6 is 7.82 Å². The summed E-state index contributed by atoms with van der Waals surface area (Å²) < 4.78 is 19.2. The Morgan fingerprint density at radius 3 is 2.12 bits per heavy atom. The summed E-state index contributed by atoms with van der Waals surface area (Å²) in [5.41, 5.74) is 0. The molecule has 1 aliphatic rings. The summed E-state index contributed by atoms with van der Waals surface area (Å²) in [6.45, 7) is -0.702. The first-order valence-corrected chi connectivity index (χ1v) is 5.83. The van der Waals surface area contributed by atoms with Crippen molar-refractivity contribution in [3.63, 3.8) is 0 Å². The molecule has 0 amide bonds. The molecule has 1 rings (SSSR count). The zero-order valence-corrected chi connectivity index (χ0v) is 8.84. The molecule has 16 heavy (non-hydrogen) atoms. The van der Waals surface area contributed by atoms with E-state index >= 15 is 0 Å². The fraction of sp³-hybridized carbons (Fsp3) is 1.00. The maximum Gasteiger partial charge on any atom is 0.472 e. The van der Waals surface area contributed by atoms with Crippen LogP contribution in [0.15, 0.2) is 0 Å². The second-order valence-electron chi connectivity index (χ2n) is 3.29. The van der Waals surface area contributed by atoms with Crippen LogP contribution in [-0.4, -0.2) is 67.5 Å². The molecule has 0 saturated carbocycles. The lowest BCUT2D eigenvalue weighted by Crippen LogP contribution is -2.58. The van der Waals surface area contributed by atoms with Gasteiger partial charge in [0.2, 0.25) is 0 Å². The van der Waals surface area contributed by atoms with E-state index < -0.39 is 45.1 Å². The van der Waals surface area contributed by atoms with Crippen LogP contribution in [0, 0.1) is 0 Å². The maximum absolute atomic E-state index is 10.5. The Kier molecular flexibility index (Phi) is 4.41. The lowest BCUT2D eigenvalue weighted by Gasteiger charge is -2.39.